The summed E-state index contributed by atoms with van der Waals surface area (Å²) < 4.78 is 6.92. The summed E-state index contributed by atoms with van der Waals surface area (Å²) in [6.45, 7) is 7.92. The predicted octanol–water partition coefficient (Wildman–Crippen LogP) is 5.34. The number of fused-ring (bicyclic) bond motifs is 1. The topological polar surface area (TPSA) is 72.7 Å². The van der Waals surface area contributed by atoms with E-state index in [1.807, 2.05) is 50.4 Å². The lowest BCUT2D eigenvalue weighted by molar-refractivity contribution is 0.0603. The maximum atomic E-state index is 13.0. The average molecular weight is 434 g/mol. The molecule has 0 saturated heterocycles. The quantitative estimate of drug-likeness (QED) is 0.441. The van der Waals surface area contributed by atoms with Crippen LogP contribution >= 0.6 is 11.3 Å². The molecule has 0 spiro atoms. The van der Waals surface area contributed by atoms with Crippen LogP contribution in [-0.4, -0.2) is 28.4 Å². The van der Waals surface area contributed by atoms with E-state index in [-0.39, 0.29) is 5.91 Å². The number of hydrogen-bond acceptors (Lipinski definition) is 5. The van der Waals surface area contributed by atoms with Crippen LogP contribution in [0.25, 0.3) is 16.8 Å². The summed E-state index contributed by atoms with van der Waals surface area (Å²) in [5.41, 5.74) is 6.42. The van der Waals surface area contributed by atoms with Gasteiger partial charge in [-0.05, 0) is 56.5 Å². The number of amides is 1. The summed E-state index contributed by atoms with van der Waals surface area (Å²) >= 11 is 1.37. The number of carbonyl (C=O) groups excluding carboxylic acids is 2. The minimum atomic E-state index is -0.479. The lowest BCUT2D eigenvalue weighted by atomic mass is 9.97. The van der Waals surface area contributed by atoms with Crippen molar-refractivity contribution in [1.82, 2.24) is 9.38 Å². The van der Waals surface area contributed by atoms with Gasteiger partial charge in [-0.2, -0.15) is 0 Å². The van der Waals surface area contributed by atoms with Gasteiger partial charge < -0.3 is 14.5 Å². The zero-order chi connectivity index (χ0) is 22.3. The third-order valence-electron chi connectivity index (χ3n) is 5.34. The van der Waals surface area contributed by atoms with Gasteiger partial charge in [-0.1, -0.05) is 18.2 Å². The van der Waals surface area contributed by atoms with Crippen LogP contribution in [0.5, 0.6) is 0 Å². The first-order valence-electron chi connectivity index (χ1n) is 9.84. The Morgan fingerprint density at radius 2 is 1.84 bits per heavy atom. The van der Waals surface area contributed by atoms with E-state index in [1.54, 1.807) is 18.3 Å². The fraction of sp³-hybridized carbons (Fsp3) is 0.208. The Morgan fingerprint density at radius 1 is 1.06 bits per heavy atom. The highest BCUT2D eigenvalue weighted by molar-refractivity contribution is 7.17. The standard InChI is InChI=1S/C24H23N3O3S/c1-13-6-7-17(10-14(13)2)20-16(4)31-23(21(20)24(29)30-5)26-22(28)18-8-9-27-12-15(3)25-19(27)11-18/h6-12H,1-5H3,(H,26,28). The van der Waals surface area contributed by atoms with Gasteiger partial charge in [0.15, 0.2) is 0 Å². The number of imidazole rings is 1. The van der Waals surface area contributed by atoms with Crippen molar-refractivity contribution in [1.29, 1.82) is 0 Å². The van der Waals surface area contributed by atoms with Crippen LogP contribution in [0.3, 0.4) is 0 Å². The monoisotopic (exact) mass is 433 g/mol. The number of ether oxygens (including phenoxy) is 1. The van der Waals surface area contributed by atoms with Crippen molar-refractivity contribution in [3.05, 3.63) is 75.6 Å². The number of aryl methyl sites for hydroxylation is 4. The van der Waals surface area contributed by atoms with Gasteiger partial charge in [0.1, 0.15) is 16.2 Å². The highest BCUT2D eigenvalue weighted by Gasteiger charge is 2.25. The summed E-state index contributed by atoms with van der Waals surface area (Å²) in [5, 5.41) is 3.39. The SMILES string of the molecule is COC(=O)c1c(NC(=O)c2ccn3cc(C)nc3c2)sc(C)c1-c1ccc(C)c(C)c1. The molecule has 6 nitrogen and oxygen atoms in total. The molecule has 0 aliphatic rings. The number of rotatable bonds is 4. The van der Waals surface area contributed by atoms with E-state index in [4.69, 9.17) is 4.74 Å². The van der Waals surface area contributed by atoms with Crippen LogP contribution in [0.4, 0.5) is 5.00 Å². The van der Waals surface area contributed by atoms with Crippen molar-refractivity contribution in [3.8, 4) is 11.1 Å². The summed E-state index contributed by atoms with van der Waals surface area (Å²) in [5.74, 6) is -0.784. The third-order valence-corrected chi connectivity index (χ3v) is 6.36. The fourth-order valence-electron chi connectivity index (χ4n) is 3.60. The maximum Gasteiger partial charge on any atom is 0.341 e. The van der Waals surface area contributed by atoms with Gasteiger partial charge in [0.2, 0.25) is 0 Å². The van der Waals surface area contributed by atoms with Gasteiger partial charge in [-0.15, -0.1) is 11.3 Å². The second kappa shape index (κ2) is 8.00. The summed E-state index contributed by atoms with van der Waals surface area (Å²) in [4.78, 5) is 31.0. The number of esters is 1. The molecule has 4 aromatic rings. The average Bonchev–Trinajstić information content (AvgIpc) is 3.27. The molecular formula is C24H23N3O3S. The van der Waals surface area contributed by atoms with Gasteiger partial charge in [0, 0.05) is 28.4 Å². The molecule has 0 aliphatic carbocycles. The smallest absolute Gasteiger partial charge is 0.341 e. The van der Waals surface area contributed by atoms with Gasteiger partial charge in [0.05, 0.1) is 12.8 Å². The maximum absolute atomic E-state index is 13.0. The van der Waals surface area contributed by atoms with Crippen LogP contribution < -0.4 is 5.32 Å². The Hall–Kier alpha value is -3.45. The highest BCUT2D eigenvalue weighted by Crippen LogP contribution is 2.41. The highest BCUT2D eigenvalue weighted by atomic mass is 32.1. The van der Waals surface area contributed by atoms with Crippen LogP contribution in [0.15, 0.2) is 42.7 Å². The van der Waals surface area contributed by atoms with E-state index < -0.39 is 5.97 Å². The zero-order valence-electron chi connectivity index (χ0n) is 18.1. The number of thiophene rings is 1. The molecule has 0 fully saturated rings. The van der Waals surface area contributed by atoms with E-state index in [0.717, 1.165) is 27.3 Å². The number of methoxy groups -OCH3 is 1. The minimum Gasteiger partial charge on any atom is -0.465 e. The van der Waals surface area contributed by atoms with E-state index >= 15 is 0 Å². The van der Waals surface area contributed by atoms with E-state index in [1.165, 1.54) is 24.0 Å². The lowest BCUT2D eigenvalue weighted by Gasteiger charge is -2.10. The Labute approximate surface area is 184 Å². The number of carbonyl (C=O) groups is 2. The van der Waals surface area contributed by atoms with Crippen LogP contribution in [0.2, 0.25) is 0 Å². The third kappa shape index (κ3) is 3.84. The molecule has 3 aromatic heterocycles. The molecule has 4 rings (SSSR count). The minimum absolute atomic E-state index is 0.304. The molecule has 0 saturated carbocycles. The first kappa shape index (κ1) is 20.8. The van der Waals surface area contributed by atoms with Gasteiger partial charge >= 0.3 is 5.97 Å². The second-order valence-corrected chi connectivity index (χ2v) is 8.77. The molecule has 7 heteroatoms. The molecule has 0 aliphatic heterocycles. The number of pyridine rings is 1. The van der Waals surface area contributed by atoms with E-state index in [0.29, 0.717) is 21.8 Å². The van der Waals surface area contributed by atoms with E-state index in [2.05, 4.69) is 16.4 Å². The summed E-state index contributed by atoms with van der Waals surface area (Å²) in [7, 11) is 1.35. The Balaban J connectivity index is 1.75. The van der Waals surface area contributed by atoms with Crippen molar-refractivity contribution < 1.29 is 14.3 Å². The lowest BCUT2D eigenvalue weighted by Crippen LogP contribution is -2.14. The molecule has 0 bridgehead atoms. The fourth-order valence-corrected chi connectivity index (χ4v) is 4.66. The van der Waals surface area contributed by atoms with Crippen molar-refractivity contribution >= 4 is 33.9 Å². The molecule has 31 heavy (non-hydrogen) atoms. The molecule has 0 radical (unpaired) electrons. The number of anilines is 1. The number of hydrogen-bond donors (Lipinski definition) is 1. The Morgan fingerprint density at radius 3 is 2.55 bits per heavy atom. The summed E-state index contributed by atoms with van der Waals surface area (Å²) in [6.07, 6.45) is 3.69. The number of aromatic nitrogens is 2. The van der Waals surface area contributed by atoms with Crippen molar-refractivity contribution in [2.24, 2.45) is 0 Å². The summed E-state index contributed by atoms with van der Waals surface area (Å²) in [6, 6.07) is 9.53. The molecule has 1 aromatic carbocycles. The number of nitrogens with zero attached hydrogens (tertiary/aromatic N) is 2. The second-order valence-electron chi connectivity index (χ2n) is 7.55. The van der Waals surface area contributed by atoms with Crippen LogP contribution in [0, 0.1) is 27.7 Å². The van der Waals surface area contributed by atoms with Crippen molar-refractivity contribution in [2.45, 2.75) is 27.7 Å². The first-order chi connectivity index (χ1) is 14.8. The van der Waals surface area contributed by atoms with Gasteiger partial charge in [-0.25, -0.2) is 9.78 Å². The molecular weight excluding hydrogens is 410 g/mol. The van der Waals surface area contributed by atoms with Crippen LogP contribution in [0.1, 0.15) is 42.4 Å². The first-order valence-corrected chi connectivity index (χ1v) is 10.7. The molecule has 1 amide bonds. The number of benzene rings is 1. The molecule has 0 atom stereocenters. The Kier molecular flexibility index (Phi) is 5.37. The number of nitrogens with one attached hydrogen (secondary N) is 1. The molecule has 0 unspecified atom stereocenters. The molecule has 158 valence electrons. The largest absolute Gasteiger partial charge is 0.465 e. The van der Waals surface area contributed by atoms with Gasteiger partial charge in [0.25, 0.3) is 5.91 Å². The van der Waals surface area contributed by atoms with Crippen molar-refractivity contribution in [3.63, 3.8) is 0 Å². The van der Waals surface area contributed by atoms with Crippen molar-refractivity contribution in [2.75, 3.05) is 12.4 Å². The molecule has 3 heterocycles. The normalized spacial score (nSPS) is 11.0. The van der Waals surface area contributed by atoms with E-state index in [9.17, 15) is 9.59 Å². The zero-order valence-corrected chi connectivity index (χ0v) is 18.9. The van der Waals surface area contributed by atoms with Crippen LogP contribution in [-0.2, 0) is 4.74 Å². The predicted molar refractivity (Wildman–Crippen MR) is 123 cm³/mol. The van der Waals surface area contributed by atoms with Gasteiger partial charge in [-0.3, -0.25) is 4.79 Å². The molecule has 1 N–H and O–H groups in total. The Bertz CT molecular complexity index is 1330.